The summed E-state index contributed by atoms with van der Waals surface area (Å²) in [6.07, 6.45) is 6.87. The standard InChI is InChI=1S/C20H17N3OS/c24-19(20-9-5-11-25-20)14-23-10-4-8-16(13-23)18-12-17(21-22-18)15-6-2-1-3-7-15/h1-7,9-13H,8,14H2,(H,21,22). The maximum absolute atomic E-state index is 12.3. The van der Waals surface area contributed by atoms with Crippen LogP contribution in [-0.2, 0) is 0 Å². The van der Waals surface area contributed by atoms with Gasteiger partial charge in [0.1, 0.15) is 0 Å². The van der Waals surface area contributed by atoms with Crippen molar-refractivity contribution < 1.29 is 4.79 Å². The first-order chi connectivity index (χ1) is 12.3. The second kappa shape index (κ2) is 6.91. The number of nitrogens with zero attached hydrogens (tertiary/aromatic N) is 2. The highest BCUT2D eigenvalue weighted by Crippen LogP contribution is 2.26. The lowest BCUT2D eigenvalue weighted by Gasteiger charge is -2.20. The molecule has 1 aliphatic rings. The minimum Gasteiger partial charge on any atom is -0.346 e. The fourth-order valence-electron chi connectivity index (χ4n) is 2.81. The van der Waals surface area contributed by atoms with Crippen LogP contribution in [0.1, 0.15) is 21.8 Å². The second-order valence-electron chi connectivity index (χ2n) is 5.85. The van der Waals surface area contributed by atoms with Crippen LogP contribution in [0.4, 0.5) is 0 Å². The van der Waals surface area contributed by atoms with Crippen LogP contribution in [0, 0.1) is 0 Å². The van der Waals surface area contributed by atoms with Crippen LogP contribution in [0.2, 0.25) is 0 Å². The Morgan fingerprint density at radius 1 is 1.20 bits per heavy atom. The van der Waals surface area contributed by atoms with Crippen molar-refractivity contribution in [3.8, 4) is 11.3 Å². The summed E-state index contributed by atoms with van der Waals surface area (Å²) in [6, 6.07) is 15.9. The SMILES string of the molecule is O=C(CN1C=CCC(c2cc(-c3ccccc3)n[nH]2)=C1)c1cccs1. The van der Waals surface area contributed by atoms with Crippen LogP contribution in [0.5, 0.6) is 0 Å². The number of aromatic nitrogens is 2. The molecule has 3 heterocycles. The fourth-order valence-corrected chi connectivity index (χ4v) is 3.47. The summed E-state index contributed by atoms with van der Waals surface area (Å²) in [7, 11) is 0. The van der Waals surface area contributed by atoms with Crippen LogP contribution < -0.4 is 0 Å². The number of benzene rings is 1. The number of nitrogens with one attached hydrogen (secondary N) is 1. The summed E-state index contributed by atoms with van der Waals surface area (Å²) < 4.78 is 0. The van der Waals surface area contributed by atoms with Crippen LogP contribution in [-0.4, -0.2) is 27.4 Å². The molecule has 2 aromatic heterocycles. The molecule has 4 rings (SSSR count). The largest absolute Gasteiger partial charge is 0.346 e. The molecule has 0 bridgehead atoms. The Morgan fingerprint density at radius 3 is 2.88 bits per heavy atom. The molecule has 5 heteroatoms. The molecule has 0 saturated carbocycles. The van der Waals surface area contributed by atoms with E-state index in [1.165, 1.54) is 11.3 Å². The minimum atomic E-state index is 0.131. The smallest absolute Gasteiger partial charge is 0.192 e. The summed E-state index contributed by atoms with van der Waals surface area (Å²) in [6.45, 7) is 0.347. The molecule has 0 fully saturated rings. The van der Waals surface area contributed by atoms with Gasteiger partial charge in [-0.15, -0.1) is 11.3 Å². The van der Waals surface area contributed by atoms with E-state index >= 15 is 0 Å². The summed E-state index contributed by atoms with van der Waals surface area (Å²) in [5, 5.41) is 9.46. The monoisotopic (exact) mass is 347 g/mol. The zero-order valence-electron chi connectivity index (χ0n) is 13.6. The molecule has 0 amide bonds. The number of allylic oxidation sites excluding steroid dienone is 2. The minimum absolute atomic E-state index is 0.131. The van der Waals surface area contributed by atoms with Gasteiger partial charge in [-0.2, -0.15) is 5.10 Å². The normalized spacial score (nSPS) is 13.8. The lowest BCUT2D eigenvalue weighted by molar-refractivity contribution is 0.0973. The number of carbonyl (C=O) groups is 1. The summed E-state index contributed by atoms with van der Waals surface area (Å²) in [5.74, 6) is 0.131. The summed E-state index contributed by atoms with van der Waals surface area (Å²) in [4.78, 5) is 15.0. The molecule has 124 valence electrons. The average Bonchev–Trinajstić information content (AvgIpc) is 3.35. The average molecular weight is 347 g/mol. The van der Waals surface area contributed by atoms with Gasteiger partial charge in [-0.3, -0.25) is 9.89 Å². The molecule has 25 heavy (non-hydrogen) atoms. The molecule has 1 aromatic carbocycles. The molecule has 0 aliphatic carbocycles. The Morgan fingerprint density at radius 2 is 2.08 bits per heavy atom. The number of hydrogen-bond acceptors (Lipinski definition) is 4. The second-order valence-corrected chi connectivity index (χ2v) is 6.80. The van der Waals surface area contributed by atoms with Crippen molar-refractivity contribution in [1.29, 1.82) is 0 Å². The molecule has 3 aromatic rings. The van der Waals surface area contributed by atoms with Crippen molar-refractivity contribution in [2.24, 2.45) is 0 Å². The molecular formula is C20H17N3OS. The number of rotatable bonds is 5. The highest BCUT2D eigenvalue weighted by Gasteiger charge is 2.14. The van der Waals surface area contributed by atoms with Gasteiger partial charge in [-0.25, -0.2) is 0 Å². The van der Waals surface area contributed by atoms with Gasteiger partial charge in [0.2, 0.25) is 0 Å². The fraction of sp³-hybridized carbons (Fsp3) is 0.100. The number of aromatic amines is 1. The van der Waals surface area contributed by atoms with Crippen molar-refractivity contribution >= 4 is 22.7 Å². The van der Waals surface area contributed by atoms with Crippen molar-refractivity contribution in [2.75, 3.05) is 6.54 Å². The predicted octanol–water partition coefficient (Wildman–Crippen LogP) is 4.58. The van der Waals surface area contributed by atoms with E-state index in [4.69, 9.17) is 0 Å². The molecular weight excluding hydrogens is 330 g/mol. The van der Waals surface area contributed by atoms with Gasteiger partial charge in [0.25, 0.3) is 0 Å². The predicted molar refractivity (Wildman–Crippen MR) is 101 cm³/mol. The van der Waals surface area contributed by atoms with E-state index in [-0.39, 0.29) is 5.78 Å². The molecule has 0 unspecified atom stereocenters. The first-order valence-electron chi connectivity index (χ1n) is 8.10. The van der Waals surface area contributed by atoms with E-state index in [0.29, 0.717) is 6.54 Å². The Kier molecular flexibility index (Phi) is 4.31. The van der Waals surface area contributed by atoms with Crippen LogP contribution >= 0.6 is 11.3 Å². The third kappa shape index (κ3) is 3.46. The van der Waals surface area contributed by atoms with Crippen LogP contribution in [0.3, 0.4) is 0 Å². The van der Waals surface area contributed by atoms with Gasteiger partial charge in [0.05, 0.1) is 22.8 Å². The number of thiophene rings is 1. The maximum atomic E-state index is 12.3. The first-order valence-corrected chi connectivity index (χ1v) is 8.98. The van der Waals surface area contributed by atoms with Gasteiger partial charge in [0.15, 0.2) is 5.78 Å². The Balaban J connectivity index is 1.52. The van der Waals surface area contributed by atoms with E-state index in [9.17, 15) is 4.79 Å². The number of carbonyl (C=O) groups excluding carboxylic acids is 1. The third-order valence-electron chi connectivity index (χ3n) is 4.07. The van der Waals surface area contributed by atoms with Crippen LogP contribution in [0.15, 0.2) is 72.4 Å². The third-order valence-corrected chi connectivity index (χ3v) is 4.98. The molecule has 0 saturated heterocycles. The molecule has 1 N–H and O–H groups in total. The van der Waals surface area contributed by atoms with Crippen molar-refractivity contribution in [2.45, 2.75) is 6.42 Å². The number of ketones is 1. The quantitative estimate of drug-likeness (QED) is 0.687. The number of Topliss-reactive ketones (excluding diaryl/α,β-unsaturated/α-hetero) is 1. The first kappa shape index (κ1) is 15.6. The van der Waals surface area contributed by atoms with Crippen LogP contribution in [0.25, 0.3) is 16.8 Å². The zero-order valence-corrected chi connectivity index (χ0v) is 14.4. The molecule has 4 nitrogen and oxygen atoms in total. The van der Waals surface area contributed by atoms with Gasteiger partial charge in [-0.1, -0.05) is 42.5 Å². The molecule has 0 spiro atoms. The topological polar surface area (TPSA) is 49.0 Å². The molecule has 1 aliphatic heterocycles. The lowest BCUT2D eigenvalue weighted by Crippen LogP contribution is -2.21. The van der Waals surface area contributed by atoms with E-state index < -0.39 is 0 Å². The molecule has 0 atom stereocenters. The van der Waals surface area contributed by atoms with Crippen molar-refractivity contribution in [3.05, 3.63) is 83.0 Å². The van der Waals surface area contributed by atoms with E-state index in [0.717, 1.165) is 33.8 Å². The van der Waals surface area contributed by atoms with Gasteiger partial charge < -0.3 is 4.90 Å². The van der Waals surface area contributed by atoms with Gasteiger partial charge >= 0.3 is 0 Å². The number of H-pyrrole nitrogens is 1. The van der Waals surface area contributed by atoms with E-state index in [1.807, 2.05) is 65.1 Å². The summed E-state index contributed by atoms with van der Waals surface area (Å²) >= 11 is 1.48. The van der Waals surface area contributed by atoms with Gasteiger partial charge in [-0.05, 0) is 29.5 Å². The zero-order chi connectivity index (χ0) is 17.1. The Bertz CT molecular complexity index is 923. The summed E-state index contributed by atoms with van der Waals surface area (Å²) in [5.41, 5.74) is 4.11. The van der Waals surface area contributed by atoms with E-state index in [2.05, 4.69) is 22.3 Å². The highest BCUT2D eigenvalue weighted by atomic mass is 32.1. The van der Waals surface area contributed by atoms with Gasteiger partial charge in [0, 0.05) is 18.0 Å². The molecule has 0 radical (unpaired) electrons. The lowest BCUT2D eigenvalue weighted by atomic mass is 10.1. The Hall–Kier alpha value is -2.92. The van der Waals surface area contributed by atoms with E-state index in [1.54, 1.807) is 0 Å². The number of hydrogen-bond donors (Lipinski definition) is 1. The van der Waals surface area contributed by atoms with Crippen molar-refractivity contribution in [1.82, 2.24) is 15.1 Å². The highest BCUT2D eigenvalue weighted by molar-refractivity contribution is 7.12. The maximum Gasteiger partial charge on any atom is 0.192 e. The Labute approximate surface area is 150 Å². The van der Waals surface area contributed by atoms with Crippen molar-refractivity contribution in [3.63, 3.8) is 0 Å².